The highest BCUT2D eigenvalue weighted by atomic mass is 32.1. The number of hydrogen-bond donors (Lipinski definition) is 1. The number of thiazole rings is 1. The number of rotatable bonds is 4. The van der Waals surface area contributed by atoms with Crippen molar-refractivity contribution in [3.63, 3.8) is 0 Å². The van der Waals surface area contributed by atoms with Crippen molar-refractivity contribution in [1.82, 2.24) is 4.98 Å². The highest BCUT2D eigenvalue weighted by molar-refractivity contribution is 7.14. The Morgan fingerprint density at radius 2 is 2.03 bits per heavy atom. The second-order valence-electron chi connectivity index (χ2n) is 8.40. The van der Waals surface area contributed by atoms with E-state index in [-0.39, 0.29) is 6.09 Å². The summed E-state index contributed by atoms with van der Waals surface area (Å²) in [5.74, 6) is 0. The predicted molar refractivity (Wildman–Crippen MR) is 127 cm³/mol. The molecule has 3 aromatic rings. The summed E-state index contributed by atoms with van der Waals surface area (Å²) in [6.07, 6.45) is 3.31. The van der Waals surface area contributed by atoms with Crippen molar-refractivity contribution >= 4 is 34.5 Å². The highest BCUT2D eigenvalue weighted by Crippen LogP contribution is 2.29. The van der Waals surface area contributed by atoms with Gasteiger partial charge in [-0.2, -0.15) is 5.10 Å². The van der Waals surface area contributed by atoms with E-state index in [1.807, 2.05) is 68.6 Å². The fourth-order valence-corrected chi connectivity index (χ4v) is 4.10. The number of aryl methyl sites for hydroxylation is 1. The van der Waals surface area contributed by atoms with Gasteiger partial charge < -0.3 is 4.74 Å². The monoisotopic (exact) mass is 434 g/mol. The number of hydrazone groups is 1. The van der Waals surface area contributed by atoms with E-state index in [4.69, 9.17) is 4.74 Å². The minimum absolute atomic E-state index is 0.297. The van der Waals surface area contributed by atoms with Gasteiger partial charge in [0.1, 0.15) is 5.60 Å². The van der Waals surface area contributed by atoms with Crippen LogP contribution < -0.4 is 10.3 Å². The van der Waals surface area contributed by atoms with Crippen molar-refractivity contribution in [1.29, 1.82) is 0 Å². The molecule has 0 bridgehead atoms. The molecule has 0 aliphatic carbocycles. The molecule has 0 atom stereocenters. The molecule has 1 amide bonds. The predicted octanol–water partition coefficient (Wildman–Crippen LogP) is 5.94. The zero-order chi connectivity index (χ0) is 21.8. The Bertz CT molecular complexity index is 1090. The van der Waals surface area contributed by atoms with Gasteiger partial charge in [0.15, 0.2) is 0 Å². The van der Waals surface area contributed by atoms with E-state index >= 15 is 0 Å². The zero-order valence-electron chi connectivity index (χ0n) is 18.0. The van der Waals surface area contributed by atoms with Gasteiger partial charge in [0.25, 0.3) is 0 Å². The van der Waals surface area contributed by atoms with Crippen LogP contribution in [0, 0.1) is 0 Å². The summed E-state index contributed by atoms with van der Waals surface area (Å²) in [5.41, 5.74) is 7.52. The molecule has 0 saturated heterocycles. The molecule has 7 heteroatoms. The Labute approximate surface area is 186 Å². The second-order valence-corrected chi connectivity index (χ2v) is 9.26. The number of fused-ring (bicyclic) bond motifs is 1. The van der Waals surface area contributed by atoms with Crippen molar-refractivity contribution < 1.29 is 9.53 Å². The number of nitrogens with one attached hydrogen (secondary N) is 1. The Balaban J connectivity index is 1.43. The molecule has 160 valence electrons. The van der Waals surface area contributed by atoms with Gasteiger partial charge in [-0.25, -0.2) is 9.78 Å². The first-order valence-electron chi connectivity index (χ1n) is 10.3. The topological polar surface area (TPSA) is 66.8 Å². The molecule has 4 rings (SSSR count). The van der Waals surface area contributed by atoms with Gasteiger partial charge in [0.2, 0.25) is 5.13 Å². The summed E-state index contributed by atoms with van der Waals surface area (Å²) < 4.78 is 5.56. The number of amides is 1. The maximum absolute atomic E-state index is 12.6. The van der Waals surface area contributed by atoms with E-state index in [1.54, 1.807) is 11.1 Å². The van der Waals surface area contributed by atoms with E-state index in [0.29, 0.717) is 6.54 Å². The van der Waals surface area contributed by atoms with Crippen molar-refractivity contribution in [2.75, 3.05) is 16.9 Å². The number of aromatic nitrogens is 1. The van der Waals surface area contributed by atoms with Crippen molar-refractivity contribution in [2.45, 2.75) is 39.2 Å². The van der Waals surface area contributed by atoms with Crippen LogP contribution in [-0.4, -0.2) is 29.4 Å². The quantitative estimate of drug-likeness (QED) is 0.407. The lowest BCUT2D eigenvalue weighted by atomic mass is 10.00. The third-order valence-corrected chi connectivity index (χ3v) is 5.53. The Morgan fingerprint density at radius 1 is 1.23 bits per heavy atom. The van der Waals surface area contributed by atoms with E-state index in [2.05, 4.69) is 21.6 Å². The molecule has 2 aromatic carbocycles. The van der Waals surface area contributed by atoms with Crippen LogP contribution in [0.5, 0.6) is 0 Å². The first-order chi connectivity index (χ1) is 14.9. The SMILES string of the molecule is CC(C)(C)OC(=O)N1CCCc2cc(C=NNc3nc(-c4ccccc4)cs3)ccc21. The maximum Gasteiger partial charge on any atom is 0.414 e. The number of ether oxygens (including phenoxy) is 1. The number of carbonyl (C=O) groups excluding carboxylic acids is 1. The fourth-order valence-electron chi connectivity index (χ4n) is 3.43. The molecular weight excluding hydrogens is 408 g/mol. The molecule has 1 aromatic heterocycles. The van der Waals surface area contributed by atoms with Crippen LogP contribution in [0.3, 0.4) is 0 Å². The van der Waals surface area contributed by atoms with Gasteiger partial charge >= 0.3 is 6.09 Å². The van der Waals surface area contributed by atoms with Crippen molar-refractivity contribution in [3.05, 3.63) is 65.0 Å². The summed E-state index contributed by atoms with van der Waals surface area (Å²) in [6.45, 7) is 6.32. The number of benzene rings is 2. The summed E-state index contributed by atoms with van der Waals surface area (Å²) in [6, 6.07) is 16.1. The molecule has 0 unspecified atom stereocenters. The number of carbonyl (C=O) groups is 1. The van der Waals surface area contributed by atoms with Crippen molar-refractivity contribution in [3.8, 4) is 11.3 Å². The van der Waals surface area contributed by atoms with Crippen LogP contribution in [0.15, 0.2) is 59.0 Å². The number of anilines is 2. The van der Waals surface area contributed by atoms with Crippen LogP contribution in [-0.2, 0) is 11.2 Å². The Kier molecular flexibility index (Phi) is 6.04. The molecule has 2 heterocycles. The lowest BCUT2D eigenvalue weighted by molar-refractivity contribution is 0.0578. The number of nitrogens with zero attached hydrogens (tertiary/aromatic N) is 3. The zero-order valence-corrected chi connectivity index (χ0v) is 18.8. The molecule has 0 radical (unpaired) electrons. The lowest BCUT2D eigenvalue weighted by Crippen LogP contribution is -2.39. The molecule has 0 fully saturated rings. The largest absolute Gasteiger partial charge is 0.443 e. The van der Waals surface area contributed by atoms with E-state index in [9.17, 15) is 4.79 Å². The average molecular weight is 435 g/mol. The van der Waals surface area contributed by atoms with Gasteiger partial charge in [-0.3, -0.25) is 10.3 Å². The van der Waals surface area contributed by atoms with Gasteiger partial charge in [0.05, 0.1) is 17.6 Å². The summed E-state index contributed by atoms with van der Waals surface area (Å²) in [5, 5.41) is 7.09. The third-order valence-electron chi connectivity index (χ3n) is 4.78. The molecule has 31 heavy (non-hydrogen) atoms. The van der Waals surface area contributed by atoms with Crippen LogP contribution in [0.1, 0.15) is 38.3 Å². The van der Waals surface area contributed by atoms with Crippen LogP contribution in [0.25, 0.3) is 11.3 Å². The van der Waals surface area contributed by atoms with Gasteiger partial charge in [0, 0.05) is 17.5 Å². The summed E-state index contributed by atoms with van der Waals surface area (Å²) in [7, 11) is 0. The lowest BCUT2D eigenvalue weighted by Gasteiger charge is -2.31. The first-order valence-corrected chi connectivity index (χ1v) is 11.2. The standard InChI is InChI=1S/C24H26N4O2S/c1-24(2,3)30-23(29)28-13-7-10-19-14-17(11-12-21(19)28)15-25-27-22-26-20(16-31-22)18-8-5-4-6-9-18/h4-6,8-9,11-12,14-16H,7,10,13H2,1-3H3,(H,26,27). The molecule has 0 saturated carbocycles. The normalized spacial score (nSPS) is 13.8. The van der Waals surface area contributed by atoms with Crippen molar-refractivity contribution in [2.24, 2.45) is 5.10 Å². The molecular formula is C24H26N4O2S. The summed E-state index contributed by atoms with van der Waals surface area (Å²) in [4.78, 5) is 18.9. The second kappa shape index (κ2) is 8.89. The minimum atomic E-state index is -0.511. The van der Waals surface area contributed by atoms with E-state index in [1.165, 1.54) is 11.3 Å². The fraction of sp³-hybridized carbons (Fsp3) is 0.292. The van der Waals surface area contributed by atoms with Gasteiger partial charge in [-0.05, 0) is 56.9 Å². The minimum Gasteiger partial charge on any atom is -0.443 e. The third kappa shape index (κ3) is 5.30. The Morgan fingerprint density at radius 3 is 2.81 bits per heavy atom. The Hall–Kier alpha value is -3.19. The number of hydrogen-bond acceptors (Lipinski definition) is 6. The van der Waals surface area contributed by atoms with Crippen LogP contribution in [0.2, 0.25) is 0 Å². The molecule has 1 N–H and O–H groups in total. The first kappa shape index (κ1) is 21.1. The van der Waals surface area contributed by atoms with Gasteiger partial charge in [-0.1, -0.05) is 36.4 Å². The van der Waals surface area contributed by atoms with Crippen LogP contribution >= 0.6 is 11.3 Å². The van der Waals surface area contributed by atoms with Gasteiger partial charge in [-0.15, -0.1) is 11.3 Å². The summed E-state index contributed by atoms with van der Waals surface area (Å²) >= 11 is 1.52. The highest BCUT2D eigenvalue weighted by Gasteiger charge is 2.27. The maximum atomic E-state index is 12.6. The molecule has 0 spiro atoms. The van der Waals surface area contributed by atoms with Crippen LogP contribution in [0.4, 0.5) is 15.6 Å². The molecule has 1 aliphatic heterocycles. The molecule has 6 nitrogen and oxygen atoms in total. The van der Waals surface area contributed by atoms with E-state index in [0.717, 1.165) is 46.0 Å². The molecule has 1 aliphatic rings. The average Bonchev–Trinajstić information content (AvgIpc) is 3.21. The smallest absolute Gasteiger partial charge is 0.414 e. The van der Waals surface area contributed by atoms with E-state index < -0.39 is 5.60 Å².